The molecule has 1 aliphatic heterocycles. The maximum Gasteiger partial charge on any atom is 0.344 e. The first kappa shape index (κ1) is 23.2. The number of nitrogens with one attached hydrogen (secondary N) is 2. The summed E-state index contributed by atoms with van der Waals surface area (Å²) in [5.41, 5.74) is 6.50. The number of amidine groups is 1. The summed E-state index contributed by atoms with van der Waals surface area (Å²) in [4.78, 5) is 21.2. The van der Waals surface area contributed by atoms with Crippen molar-refractivity contribution in [2.24, 2.45) is 10.1 Å². The summed E-state index contributed by atoms with van der Waals surface area (Å²) >= 11 is 0. The standard InChI is InChI=1S/C21H23N7O5S/c1-21(2,11-33-16-5-3-4-15-18(16)19(22)27-34(31,32)26-15)25-20(30)13-6-7-23-17(8-13)28-9-14(10-29)24-12-28/h3-9,12,26,29H,10-11H2,1-2H3,(H2,22,27)(H,25,30). The van der Waals surface area contributed by atoms with Gasteiger partial charge in [-0.15, -0.1) is 4.40 Å². The van der Waals surface area contributed by atoms with Crippen molar-refractivity contribution in [1.29, 1.82) is 0 Å². The number of nitrogens with two attached hydrogens (primary N) is 1. The largest absolute Gasteiger partial charge is 0.490 e. The topological polar surface area (TPSA) is 174 Å². The molecule has 0 bridgehead atoms. The molecule has 1 amide bonds. The lowest BCUT2D eigenvalue weighted by molar-refractivity contribution is 0.0880. The number of fused-ring (bicyclic) bond motifs is 1. The quantitative estimate of drug-likeness (QED) is 0.379. The molecule has 1 aromatic carbocycles. The van der Waals surface area contributed by atoms with Crippen molar-refractivity contribution in [2.75, 3.05) is 11.3 Å². The number of amides is 1. The van der Waals surface area contributed by atoms with E-state index in [0.29, 0.717) is 28.4 Å². The van der Waals surface area contributed by atoms with E-state index in [0.717, 1.165) is 0 Å². The van der Waals surface area contributed by atoms with Crippen molar-refractivity contribution in [3.8, 4) is 11.6 Å². The average molecular weight is 486 g/mol. The van der Waals surface area contributed by atoms with Gasteiger partial charge in [0.2, 0.25) is 0 Å². The maximum atomic E-state index is 12.9. The van der Waals surface area contributed by atoms with Crippen LogP contribution in [0.2, 0.25) is 0 Å². The fourth-order valence-corrected chi connectivity index (χ4v) is 4.13. The fraction of sp³-hybridized carbons (Fsp3) is 0.238. The number of imidazole rings is 1. The highest BCUT2D eigenvalue weighted by Gasteiger charge is 2.27. The molecule has 178 valence electrons. The van der Waals surface area contributed by atoms with Crippen LogP contribution >= 0.6 is 0 Å². The van der Waals surface area contributed by atoms with Gasteiger partial charge in [0, 0.05) is 18.0 Å². The number of nitrogens with zero attached hydrogens (tertiary/aromatic N) is 4. The maximum absolute atomic E-state index is 12.9. The number of carbonyl (C=O) groups excluding carboxylic acids is 1. The molecule has 1 aliphatic rings. The van der Waals surface area contributed by atoms with Crippen LogP contribution in [0.5, 0.6) is 5.75 Å². The number of carbonyl (C=O) groups is 1. The zero-order valence-corrected chi connectivity index (χ0v) is 19.2. The van der Waals surface area contributed by atoms with Crippen molar-refractivity contribution in [1.82, 2.24) is 19.9 Å². The summed E-state index contributed by atoms with van der Waals surface area (Å²) in [6.45, 7) is 3.43. The van der Waals surface area contributed by atoms with E-state index in [1.54, 1.807) is 54.9 Å². The van der Waals surface area contributed by atoms with Crippen molar-refractivity contribution < 1.29 is 23.1 Å². The van der Waals surface area contributed by atoms with Gasteiger partial charge in [-0.3, -0.25) is 14.1 Å². The molecule has 0 aliphatic carbocycles. The van der Waals surface area contributed by atoms with Crippen LogP contribution < -0.4 is 20.5 Å². The first-order valence-corrected chi connectivity index (χ1v) is 11.6. The summed E-state index contributed by atoms with van der Waals surface area (Å²) in [5.74, 6) is 0.277. The van der Waals surface area contributed by atoms with E-state index in [-0.39, 0.29) is 30.6 Å². The average Bonchev–Trinajstić information content (AvgIpc) is 3.26. The lowest BCUT2D eigenvalue weighted by atomic mass is 10.1. The van der Waals surface area contributed by atoms with Crippen LogP contribution in [0.25, 0.3) is 5.82 Å². The first-order valence-electron chi connectivity index (χ1n) is 10.1. The zero-order chi connectivity index (χ0) is 24.5. The smallest absolute Gasteiger partial charge is 0.344 e. The fourth-order valence-electron chi connectivity index (χ4n) is 3.28. The van der Waals surface area contributed by atoms with E-state index in [1.165, 1.54) is 12.5 Å². The highest BCUT2D eigenvalue weighted by atomic mass is 32.2. The Morgan fingerprint density at radius 1 is 1.29 bits per heavy atom. The third kappa shape index (κ3) is 5.00. The van der Waals surface area contributed by atoms with Gasteiger partial charge in [-0.1, -0.05) is 6.07 Å². The van der Waals surface area contributed by atoms with Crippen LogP contribution in [0.3, 0.4) is 0 Å². The Kier molecular flexibility index (Phi) is 5.98. The van der Waals surface area contributed by atoms with Crippen molar-refractivity contribution in [3.63, 3.8) is 0 Å². The molecule has 4 rings (SSSR count). The van der Waals surface area contributed by atoms with Crippen molar-refractivity contribution in [3.05, 3.63) is 65.9 Å². The lowest BCUT2D eigenvalue weighted by Crippen LogP contribution is -2.48. The number of hydrogen-bond acceptors (Lipinski definition) is 8. The van der Waals surface area contributed by atoms with Gasteiger partial charge in [0.05, 0.1) is 29.1 Å². The number of aromatic nitrogens is 3. The monoisotopic (exact) mass is 485 g/mol. The van der Waals surface area contributed by atoms with E-state index in [2.05, 4.69) is 24.4 Å². The number of benzene rings is 1. The molecule has 13 heteroatoms. The SMILES string of the molecule is CC(C)(COc1cccc2c1C(N)=NS(=O)(=O)N2)NC(=O)c1ccnc(-n2cnc(CO)c2)c1. The van der Waals surface area contributed by atoms with E-state index in [9.17, 15) is 18.3 Å². The van der Waals surface area contributed by atoms with Gasteiger partial charge in [-0.2, -0.15) is 8.42 Å². The number of anilines is 1. The molecule has 0 unspecified atom stereocenters. The van der Waals surface area contributed by atoms with Gasteiger partial charge >= 0.3 is 10.2 Å². The van der Waals surface area contributed by atoms with E-state index >= 15 is 0 Å². The van der Waals surface area contributed by atoms with Crippen LogP contribution in [0.4, 0.5) is 5.69 Å². The third-order valence-corrected chi connectivity index (χ3v) is 5.77. The lowest BCUT2D eigenvalue weighted by Gasteiger charge is -2.27. The molecule has 34 heavy (non-hydrogen) atoms. The number of aliphatic hydroxyl groups is 1. The van der Waals surface area contributed by atoms with Crippen LogP contribution in [0.1, 0.15) is 35.5 Å². The summed E-state index contributed by atoms with van der Waals surface area (Å²) < 4.78 is 36.8. The van der Waals surface area contributed by atoms with Crippen LogP contribution in [-0.2, 0) is 16.8 Å². The Morgan fingerprint density at radius 3 is 2.82 bits per heavy atom. The summed E-state index contributed by atoms with van der Waals surface area (Å²) in [5, 5.41) is 12.1. The van der Waals surface area contributed by atoms with Crippen molar-refractivity contribution in [2.45, 2.75) is 26.0 Å². The van der Waals surface area contributed by atoms with Gasteiger partial charge in [0.25, 0.3) is 5.91 Å². The number of aliphatic hydroxyl groups excluding tert-OH is 1. The molecule has 0 saturated carbocycles. The molecule has 2 aromatic heterocycles. The van der Waals surface area contributed by atoms with Gasteiger partial charge in [-0.25, -0.2) is 9.97 Å². The third-order valence-electron chi connectivity index (χ3n) is 4.85. The first-order chi connectivity index (χ1) is 16.1. The highest BCUT2D eigenvalue weighted by molar-refractivity contribution is 7.91. The summed E-state index contributed by atoms with van der Waals surface area (Å²) in [7, 11) is -3.90. The van der Waals surface area contributed by atoms with Crippen molar-refractivity contribution >= 4 is 27.6 Å². The molecule has 12 nitrogen and oxygen atoms in total. The Bertz CT molecular complexity index is 1380. The normalized spacial score (nSPS) is 14.5. The van der Waals surface area contributed by atoms with Crippen LogP contribution in [0.15, 0.2) is 53.5 Å². The van der Waals surface area contributed by atoms with Gasteiger partial charge in [0.15, 0.2) is 5.84 Å². The minimum absolute atomic E-state index is 0.0640. The second-order valence-electron chi connectivity index (χ2n) is 8.19. The molecular weight excluding hydrogens is 462 g/mol. The second-order valence-corrected chi connectivity index (χ2v) is 9.53. The van der Waals surface area contributed by atoms with Gasteiger partial charge < -0.3 is 20.9 Å². The molecule has 3 aromatic rings. The number of rotatable bonds is 7. The van der Waals surface area contributed by atoms with E-state index in [4.69, 9.17) is 10.5 Å². The number of hydrogen-bond donors (Lipinski definition) is 4. The second kappa shape index (κ2) is 8.76. The minimum Gasteiger partial charge on any atom is -0.490 e. The molecule has 5 N–H and O–H groups in total. The van der Waals surface area contributed by atoms with Crippen LogP contribution in [-0.4, -0.2) is 51.9 Å². The molecular formula is C21H23N7O5S. The minimum atomic E-state index is -3.90. The molecule has 0 radical (unpaired) electrons. The molecule has 0 saturated heterocycles. The predicted molar refractivity (Wildman–Crippen MR) is 124 cm³/mol. The molecule has 0 fully saturated rings. The molecule has 0 atom stereocenters. The Morgan fingerprint density at radius 2 is 2.09 bits per heavy atom. The van der Waals surface area contributed by atoms with Crippen LogP contribution in [0, 0.1) is 0 Å². The number of pyridine rings is 1. The molecule has 0 spiro atoms. The number of ether oxygens (including phenoxy) is 1. The van der Waals surface area contributed by atoms with Gasteiger partial charge in [-0.05, 0) is 38.1 Å². The predicted octanol–water partition coefficient (Wildman–Crippen LogP) is 0.723. The van der Waals surface area contributed by atoms with E-state index in [1.807, 2.05) is 0 Å². The summed E-state index contributed by atoms with van der Waals surface area (Å²) in [6, 6.07) is 8.00. The van der Waals surface area contributed by atoms with E-state index < -0.39 is 15.7 Å². The summed E-state index contributed by atoms with van der Waals surface area (Å²) in [6.07, 6.45) is 4.63. The highest BCUT2D eigenvalue weighted by Crippen LogP contribution is 2.30. The van der Waals surface area contributed by atoms with Gasteiger partial charge in [0.1, 0.15) is 24.5 Å². The zero-order valence-electron chi connectivity index (χ0n) is 18.4. The Hall–Kier alpha value is -3.97. The molecule has 3 heterocycles. The Balaban J connectivity index is 1.47. The Labute approximate surface area is 195 Å².